The highest BCUT2D eigenvalue weighted by atomic mass is 16.2. The van der Waals surface area contributed by atoms with Crippen LogP contribution < -0.4 is 5.73 Å². The topological polar surface area (TPSA) is 49.6 Å². The minimum Gasteiger partial charge on any atom is -0.339 e. The first-order chi connectivity index (χ1) is 10.1. The Hall–Kier alpha value is -1.83. The summed E-state index contributed by atoms with van der Waals surface area (Å²) < 4.78 is 0. The van der Waals surface area contributed by atoms with Gasteiger partial charge >= 0.3 is 0 Å². The van der Waals surface area contributed by atoms with Crippen molar-refractivity contribution in [3.8, 4) is 11.8 Å². The fraction of sp³-hybridized carbons (Fsp3) is 0.471. The molecule has 1 amide bonds. The summed E-state index contributed by atoms with van der Waals surface area (Å²) in [6.45, 7) is 4.79. The Balaban J connectivity index is 2.75. The first-order valence-electron chi connectivity index (χ1n) is 7.31. The van der Waals surface area contributed by atoms with E-state index in [1.807, 2.05) is 50.2 Å². The van der Waals surface area contributed by atoms with E-state index in [1.165, 1.54) is 0 Å². The summed E-state index contributed by atoms with van der Waals surface area (Å²) in [5.74, 6) is 5.83. The van der Waals surface area contributed by atoms with Crippen LogP contribution in [-0.4, -0.2) is 56.0 Å². The fourth-order valence-corrected chi connectivity index (χ4v) is 2.05. The predicted octanol–water partition coefficient (Wildman–Crippen LogP) is 1.41. The van der Waals surface area contributed by atoms with E-state index in [0.29, 0.717) is 18.7 Å². The molecule has 0 aliphatic rings. The molecule has 0 heterocycles. The molecular weight excluding hydrogens is 262 g/mol. The summed E-state index contributed by atoms with van der Waals surface area (Å²) in [6, 6.07) is 7.42. The summed E-state index contributed by atoms with van der Waals surface area (Å²) in [5, 5.41) is 0. The number of carbonyl (C=O) groups excluding carboxylic acids is 1. The van der Waals surface area contributed by atoms with Crippen molar-refractivity contribution in [3.05, 3.63) is 35.4 Å². The third-order valence-corrected chi connectivity index (χ3v) is 3.15. The van der Waals surface area contributed by atoms with Gasteiger partial charge in [-0.25, -0.2) is 0 Å². The Morgan fingerprint density at radius 2 is 2.05 bits per heavy atom. The molecule has 0 saturated carbocycles. The van der Waals surface area contributed by atoms with Gasteiger partial charge in [0.15, 0.2) is 0 Å². The van der Waals surface area contributed by atoms with Crippen LogP contribution in [0.5, 0.6) is 0 Å². The lowest BCUT2D eigenvalue weighted by atomic mass is 10.1. The van der Waals surface area contributed by atoms with Crippen LogP contribution in [0.2, 0.25) is 0 Å². The second-order valence-electron chi connectivity index (χ2n) is 5.13. The number of amides is 1. The highest BCUT2D eigenvalue weighted by molar-refractivity contribution is 5.94. The van der Waals surface area contributed by atoms with Gasteiger partial charge < -0.3 is 15.5 Å². The molecule has 0 aliphatic heterocycles. The van der Waals surface area contributed by atoms with E-state index in [1.54, 1.807) is 0 Å². The van der Waals surface area contributed by atoms with Gasteiger partial charge in [-0.3, -0.25) is 4.79 Å². The SMILES string of the molecule is CCN(CCCN(C)C)C(=O)c1cccc(C#CCN)c1. The highest BCUT2D eigenvalue weighted by Gasteiger charge is 2.13. The Bertz CT molecular complexity index is 514. The zero-order valence-electron chi connectivity index (χ0n) is 13.2. The molecule has 21 heavy (non-hydrogen) atoms. The number of rotatable bonds is 6. The molecule has 0 saturated heterocycles. The summed E-state index contributed by atoms with van der Waals surface area (Å²) in [6.07, 6.45) is 0.971. The molecular formula is C17H25N3O. The number of benzene rings is 1. The maximum atomic E-state index is 12.5. The van der Waals surface area contributed by atoms with E-state index < -0.39 is 0 Å². The average molecular weight is 287 g/mol. The van der Waals surface area contributed by atoms with Crippen molar-refractivity contribution in [1.29, 1.82) is 0 Å². The normalized spacial score (nSPS) is 10.1. The molecule has 1 aromatic carbocycles. The summed E-state index contributed by atoms with van der Waals surface area (Å²) >= 11 is 0. The van der Waals surface area contributed by atoms with Crippen LogP contribution >= 0.6 is 0 Å². The molecule has 4 nitrogen and oxygen atoms in total. The minimum absolute atomic E-state index is 0.0626. The average Bonchev–Trinajstić information content (AvgIpc) is 2.49. The Labute approximate surface area is 127 Å². The van der Waals surface area contributed by atoms with Crippen LogP contribution in [0, 0.1) is 11.8 Å². The molecule has 0 radical (unpaired) electrons. The number of nitrogens with zero attached hydrogens (tertiary/aromatic N) is 2. The first-order valence-corrected chi connectivity index (χ1v) is 7.31. The predicted molar refractivity (Wildman–Crippen MR) is 87.1 cm³/mol. The lowest BCUT2D eigenvalue weighted by Crippen LogP contribution is -2.33. The number of hydrogen-bond donors (Lipinski definition) is 1. The third-order valence-electron chi connectivity index (χ3n) is 3.15. The Kier molecular flexibility index (Phi) is 7.52. The summed E-state index contributed by atoms with van der Waals surface area (Å²) in [4.78, 5) is 16.5. The van der Waals surface area contributed by atoms with Gasteiger partial charge in [-0.15, -0.1) is 0 Å². The first kappa shape index (κ1) is 17.2. The molecule has 0 fully saturated rings. The van der Waals surface area contributed by atoms with Crippen LogP contribution in [0.3, 0.4) is 0 Å². The zero-order valence-corrected chi connectivity index (χ0v) is 13.2. The van der Waals surface area contributed by atoms with Crippen LogP contribution in [0.25, 0.3) is 0 Å². The van der Waals surface area contributed by atoms with E-state index in [0.717, 1.165) is 25.1 Å². The second-order valence-corrected chi connectivity index (χ2v) is 5.13. The largest absolute Gasteiger partial charge is 0.339 e. The highest BCUT2D eigenvalue weighted by Crippen LogP contribution is 2.08. The fourth-order valence-electron chi connectivity index (χ4n) is 2.05. The van der Waals surface area contributed by atoms with Gasteiger partial charge in [-0.2, -0.15) is 0 Å². The Morgan fingerprint density at radius 3 is 2.67 bits per heavy atom. The molecule has 0 bridgehead atoms. The van der Waals surface area contributed by atoms with Gasteiger partial charge in [-0.05, 0) is 52.2 Å². The molecule has 0 aromatic heterocycles. The molecule has 1 aromatic rings. The van der Waals surface area contributed by atoms with E-state index in [-0.39, 0.29) is 5.91 Å². The van der Waals surface area contributed by atoms with Crippen molar-refractivity contribution in [1.82, 2.24) is 9.80 Å². The van der Waals surface area contributed by atoms with Crippen molar-refractivity contribution in [2.75, 3.05) is 40.3 Å². The van der Waals surface area contributed by atoms with Gasteiger partial charge in [0, 0.05) is 24.2 Å². The van der Waals surface area contributed by atoms with Crippen LogP contribution in [0.1, 0.15) is 29.3 Å². The summed E-state index contributed by atoms with van der Waals surface area (Å²) in [5.41, 5.74) is 6.89. The number of hydrogen-bond acceptors (Lipinski definition) is 3. The maximum Gasteiger partial charge on any atom is 0.253 e. The standard InChI is InChI=1S/C17H25N3O/c1-4-20(13-7-12-19(2)3)17(21)16-10-5-8-15(14-16)9-6-11-18/h5,8,10,14H,4,7,11-13,18H2,1-3H3. The van der Waals surface area contributed by atoms with Gasteiger partial charge in [0.1, 0.15) is 0 Å². The summed E-state index contributed by atoms with van der Waals surface area (Å²) in [7, 11) is 4.08. The smallest absolute Gasteiger partial charge is 0.253 e. The molecule has 4 heteroatoms. The molecule has 0 atom stereocenters. The second kappa shape index (κ2) is 9.17. The van der Waals surface area contributed by atoms with Crippen LogP contribution in [0.15, 0.2) is 24.3 Å². The van der Waals surface area contributed by atoms with Crippen molar-refractivity contribution < 1.29 is 4.79 Å². The lowest BCUT2D eigenvalue weighted by molar-refractivity contribution is 0.0759. The minimum atomic E-state index is 0.0626. The van der Waals surface area contributed by atoms with E-state index in [4.69, 9.17) is 5.73 Å². The van der Waals surface area contributed by atoms with Gasteiger partial charge in [0.2, 0.25) is 0 Å². The van der Waals surface area contributed by atoms with Crippen molar-refractivity contribution in [2.45, 2.75) is 13.3 Å². The Morgan fingerprint density at radius 1 is 1.29 bits per heavy atom. The van der Waals surface area contributed by atoms with E-state index >= 15 is 0 Å². The molecule has 114 valence electrons. The molecule has 1 rings (SSSR count). The number of nitrogens with two attached hydrogens (primary N) is 1. The van der Waals surface area contributed by atoms with E-state index in [9.17, 15) is 4.79 Å². The van der Waals surface area contributed by atoms with Crippen molar-refractivity contribution in [2.24, 2.45) is 5.73 Å². The third kappa shape index (κ3) is 5.99. The molecule has 0 spiro atoms. The van der Waals surface area contributed by atoms with Crippen LogP contribution in [-0.2, 0) is 0 Å². The molecule has 0 unspecified atom stereocenters. The van der Waals surface area contributed by atoms with Gasteiger partial charge in [0.25, 0.3) is 5.91 Å². The quantitative estimate of drug-likeness (QED) is 0.805. The van der Waals surface area contributed by atoms with Gasteiger partial charge in [0.05, 0.1) is 6.54 Å². The molecule has 0 aliphatic carbocycles. The van der Waals surface area contributed by atoms with Crippen LogP contribution in [0.4, 0.5) is 0 Å². The van der Waals surface area contributed by atoms with Crippen molar-refractivity contribution >= 4 is 5.91 Å². The maximum absolute atomic E-state index is 12.5. The van der Waals surface area contributed by atoms with E-state index in [2.05, 4.69) is 16.7 Å². The monoisotopic (exact) mass is 287 g/mol. The van der Waals surface area contributed by atoms with Crippen molar-refractivity contribution in [3.63, 3.8) is 0 Å². The number of carbonyl (C=O) groups is 1. The lowest BCUT2D eigenvalue weighted by Gasteiger charge is -2.22. The van der Waals surface area contributed by atoms with Gasteiger partial charge in [-0.1, -0.05) is 17.9 Å². The molecule has 2 N–H and O–H groups in total. The zero-order chi connectivity index (χ0) is 15.7.